The van der Waals surface area contributed by atoms with E-state index in [4.69, 9.17) is 5.11 Å². The van der Waals surface area contributed by atoms with Gasteiger partial charge in [0.2, 0.25) is 5.97 Å². The molecule has 0 aliphatic rings. The Labute approximate surface area is 121 Å². The fraction of sp³-hybridized carbons (Fsp3) is 0. The number of hydrogen-bond acceptors (Lipinski definition) is 5. The molecule has 0 saturated heterocycles. The van der Waals surface area contributed by atoms with Crippen LogP contribution in [0.5, 0.6) is 0 Å². The van der Waals surface area contributed by atoms with Gasteiger partial charge < -0.3 is 19.8 Å². The van der Waals surface area contributed by atoms with Gasteiger partial charge in [0.15, 0.2) is 0 Å². The minimum atomic E-state index is -1.44. The summed E-state index contributed by atoms with van der Waals surface area (Å²) in [5.74, 6) is -1.44. The van der Waals surface area contributed by atoms with Gasteiger partial charge in [-0.1, -0.05) is 17.7 Å². The van der Waals surface area contributed by atoms with E-state index in [9.17, 15) is 25.0 Å². The first-order valence-corrected chi connectivity index (χ1v) is 3.51. The van der Waals surface area contributed by atoms with Gasteiger partial charge in [-0.05, 0) is 0 Å². The molecule has 1 radical (unpaired) electrons. The van der Waals surface area contributed by atoms with Crippen LogP contribution in [0.25, 0.3) is 0 Å². The standard InChI is InChI=1S/C7H3N2O6.Ir.H3P.H2P/c10-7(11)4-1-2-5(8(12)13)6(3-4)9(14)15;;;/h2-3H,(H,10,11);;1H3;1H2/q-1;;;-1. The first kappa shape index (κ1) is 22.2. The van der Waals surface area contributed by atoms with Crippen LogP contribution in [0.4, 0.5) is 11.4 Å². The van der Waals surface area contributed by atoms with Gasteiger partial charge in [0.1, 0.15) is 0 Å². The summed E-state index contributed by atoms with van der Waals surface area (Å²) in [4.78, 5) is 29.2. The molecule has 1 aromatic carbocycles. The molecule has 11 heteroatoms. The summed E-state index contributed by atoms with van der Waals surface area (Å²) in [7, 11) is 0. The van der Waals surface area contributed by atoms with Crippen LogP contribution in [-0.2, 0) is 20.1 Å². The van der Waals surface area contributed by atoms with Gasteiger partial charge in [0.05, 0.1) is 0 Å². The quantitative estimate of drug-likeness (QED) is 0.308. The predicted octanol–water partition coefficient (Wildman–Crippen LogP) is 1.38. The van der Waals surface area contributed by atoms with Crippen molar-refractivity contribution in [2.45, 2.75) is 0 Å². The number of nitrogens with zero attached hydrogens (tertiary/aromatic N) is 2. The smallest absolute Gasteiger partial charge is 0.267 e. The summed E-state index contributed by atoms with van der Waals surface area (Å²) in [6.45, 7) is 0. The molecule has 1 aromatic rings. The van der Waals surface area contributed by atoms with Crippen molar-refractivity contribution in [3.05, 3.63) is 44.0 Å². The van der Waals surface area contributed by atoms with Gasteiger partial charge >= 0.3 is 0 Å². The third kappa shape index (κ3) is 5.10. The van der Waals surface area contributed by atoms with Crippen LogP contribution in [0.15, 0.2) is 12.1 Å². The zero-order valence-electron chi connectivity index (χ0n) is 8.66. The summed E-state index contributed by atoms with van der Waals surface area (Å²) < 4.78 is 0. The number of nitro benzene ring substituents is 2. The molecule has 0 spiro atoms. The number of nitro groups is 2. The van der Waals surface area contributed by atoms with E-state index < -0.39 is 32.8 Å². The van der Waals surface area contributed by atoms with Gasteiger partial charge in [-0.15, -0.1) is 6.07 Å². The van der Waals surface area contributed by atoms with Crippen LogP contribution >= 0.6 is 19.8 Å². The van der Waals surface area contributed by atoms with Crippen LogP contribution in [-0.4, -0.2) is 20.9 Å². The van der Waals surface area contributed by atoms with Crippen LogP contribution in [0.2, 0.25) is 0 Å². The topological polar surface area (TPSA) is 124 Å². The van der Waals surface area contributed by atoms with Crippen molar-refractivity contribution in [2.24, 2.45) is 0 Å². The third-order valence-electron chi connectivity index (χ3n) is 1.53. The molecule has 0 aromatic heterocycles. The molecule has 0 heterocycles. The van der Waals surface area contributed by atoms with E-state index in [0.29, 0.717) is 12.1 Å². The molecule has 18 heavy (non-hydrogen) atoms. The second kappa shape index (κ2) is 9.00. The molecule has 8 nitrogen and oxygen atoms in total. The summed E-state index contributed by atoms with van der Waals surface area (Å²) in [5.41, 5.74) is -2.14. The molecule has 0 saturated carbocycles. The molecular weight excluding hydrogens is 462 g/mol. The Balaban J connectivity index is -0.000000750. The van der Waals surface area contributed by atoms with Crippen molar-refractivity contribution < 1.29 is 39.9 Å². The van der Waals surface area contributed by atoms with Gasteiger partial charge in [-0.2, -0.15) is 9.90 Å². The Morgan fingerprint density at radius 2 is 1.67 bits per heavy atom. The van der Waals surface area contributed by atoms with Gasteiger partial charge in [0, 0.05) is 30.0 Å². The minimum absolute atomic E-state index is 0. The zero-order valence-corrected chi connectivity index (χ0v) is 13.6. The normalized spacial score (nSPS) is 8.00. The monoisotopic (exact) mass is 471 g/mol. The number of carbonyl (C=O) groups is 1. The molecule has 103 valence electrons. The maximum absolute atomic E-state index is 10.4. The summed E-state index contributed by atoms with van der Waals surface area (Å²) >= 11 is 0. The Bertz CT molecular complexity index is 469. The Kier molecular flexibility index (Phi) is 11.1. The van der Waals surface area contributed by atoms with Crippen molar-refractivity contribution in [1.29, 1.82) is 0 Å². The van der Waals surface area contributed by atoms with Crippen molar-refractivity contribution in [3.8, 4) is 0 Å². The number of benzene rings is 1. The maximum atomic E-state index is 10.4. The molecule has 0 amide bonds. The first-order chi connectivity index (χ1) is 6.93. The average molecular weight is 470 g/mol. The fourth-order valence-corrected chi connectivity index (χ4v) is 0.888. The minimum Gasteiger partial charge on any atom is -0.577 e. The maximum Gasteiger partial charge on any atom is 0.267 e. The first-order valence-electron chi connectivity index (χ1n) is 3.51. The van der Waals surface area contributed by atoms with Crippen LogP contribution in [0.1, 0.15) is 10.4 Å². The van der Waals surface area contributed by atoms with E-state index in [1.165, 1.54) is 0 Å². The summed E-state index contributed by atoms with van der Waals surface area (Å²) in [5, 5.41) is 29.2. The van der Waals surface area contributed by atoms with E-state index >= 15 is 0 Å². The number of carboxylic acid groups (broad SMARTS) is 1. The van der Waals surface area contributed by atoms with Gasteiger partial charge in [-0.25, -0.2) is 0 Å². The second-order valence-electron chi connectivity index (χ2n) is 2.44. The molecule has 1 rings (SSSR count). The van der Waals surface area contributed by atoms with Gasteiger partial charge in [-0.3, -0.25) is 20.2 Å². The average Bonchev–Trinajstić information content (AvgIpc) is 2.16. The van der Waals surface area contributed by atoms with Crippen LogP contribution in [0.3, 0.4) is 0 Å². The Hall–Kier alpha value is -1.00. The molecule has 1 atom stereocenters. The van der Waals surface area contributed by atoms with Crippen molar-refractivity contribution in [3.63, 3.8) is 0 Å². The number of rotatable bonds is 3. The number of hydrogen-bond donors (Lipinski definition) is 1. The van der Waals surface area contributed by atoms with Crippen molar-refractivity contribution in [2.75, 3.05) is 0 Å². The number of carboxylic acids is 1. The molecule has 0 fully saturated rings. The van der Waals surface area contributed by atoms with Crippen molar-refractivity contribution >= 4 is 37.1 Å². The molecule has 0 aliphatic heterocycles. The molecule has 0 bridgehead atoms. The summed E-state index contributed by atoms with van der Waals surface area (Å²) in [6.07, 6.45) is 0. The van der Waals surface area contributed by atoms with E-state index in [1.807, 2.05) is 0 Å². The molecule has 1 unspecified atom stereocenters. The summed E-state index contributed by atoms with van der Waals surface area (Å²) in [6, 6.07) is 3.33. The van der Waals surface area contributed by atoms with Crippen molar-refractivity contribution in [1.82, 2.24) is 0 Å². The third-order valence-corrected chi connectivity index (χ3v) is 1.53. The van der Waals surface area contributed by atoms with Crippen LogP contribution < -0.4 is 0 Å². The largest absolute Gasteiger partial charge is 0.577 e. The molecule has 0 aliphatic carbocycles. The zero-order chi connectivity index (χ0) is 11.6. The van der Waals surface area contributed by atoms with Crippen LogP contribution in [0, 0.1) is 26.3 Å². The Morgan fingerprint density at radius 1 is 1.22 bits per heavy atom. The van der Waals surface area contributed by atoms with Gasteiger partial charge in [0.25, 0.3) is 11.4 Å². The van der Waals surface area contributed by atoms with E-state index in [1.54, 1.807) is 0 Å². The van der Waals surface area contributed by atoms with E-state index in [2.05, 4.69) is 6.07 Å². The predicted molar refractivity (Wildman–Crippen MR) is 66.4 cm³/mol. The number of aromatic carboxylic acids is 1. The molecule has 1 N–H and O–H groups in total. The second-order valence-corrected chi connectivity index (χ2v) is 2.44. The van der Waals surface area contributed by atoms with E-state index in [0.717, 1.165) is 0 Å². The Morgan fingerprint density at radius 3 is 2.00 bits per heavy atom. The molecular formula is C7H8IrN2O6P2-2. The van der Waals surface area contributed by atoms with E-state index in [-0.39, 0.29) is 39.9 Å². The SMILES string of the molecule is O=C(O)c1[c-]cc([N+](=O)[O-])c([N+](=O)[O-])c1.P.[Ir].[PH2-]. The fourth-order valence-electron chi connectivity index (χ4n) is 0.888.